The molecule has 0 amide bonds. The smallest absolute Gasteiger partial charge is 0.283 e. The Labute approximate surface area is 197 Å². The molecule has 2 atom stereocenters. The molecule has 0 saturated carbocycles. The third-order valence-corrected chi connectivity index (χ3v) is 8.10. The number of nitrogens with one attached hydrogen (secondary N) is 1. The van der Waals surface area contributed by atoms with Crippen LogP contribution >= 0.6 is 11.3 Å². The van der Waals surface area contributed by atoms with Crippen LogP contribution in [0.5, 0.6) is 0 Å². The van der Waals surface area contributed by atoms with Gasteiger partial charge in [0.05, 0.1) is 6.54 Å². The van der Waals surface area contributed by atoms with Crippen molar-refractivity contribution in [1.82, 2.24) is 19.8 Å². The van der Waals surface area contributed by atoms with Crippen LogP contribution in [0.4, 0.5) is 8.78 Å². The van der Waals surface area contributed by atoms with Crippen molar-refractivity contribution >= 4 is 22.2 Å². The molecule has 0 spiro atoms. The van der Waals surface area contributed by atoms with Gasteiger partial charge in [-0.05, 0) is 50.3 Å². The number of fused-ring (bicyclic) bond motifs is 3. The normalized spacial score (nSPS) is 22.6. The van der Waals surface area contributed by atoms with Crippen molar-refractivity contribution in [3.05, 3.63) is 51.6 Å². The number of H-pyrrole nitrogens is 1. The molecule has 5 rings (SSSR count). The van der Waals surface area contributed by atoms with E-state index in [0.717, 1.165) is 47.7 Å². The molecule has 178 valence electrons. The lowest BCUT2D eigenvalue weighted by Gasteiger charge is -2.41. The average Bonchev–Trinajstić information content (AvgIpc) is 3.37. The second-order valence-electron chi connectivity index (χ2n) is 9.70. The third kappa shape index (κ3) is 4.46. The molecule has 0 unspecified atom stereocenters. The maximum absolute atomic E-state index is 14.4. The number of para-hydroxylation sites is 1. The zero-order valence-corrected chi connectivity index (χ0v) is 20.0. The van der Waals surface area contributed by atoms with Gasteiger partial charge in [-0.3, -0.25) is 4.90 Å². The number of aromatic amines is 1. The van der Waals surface area contributed by atoms with E-state index in [0.29, 0.717) is 12.3 Å². The van der Waals surface area contributed by atoms with Gasteiger partial charge in [-0.2, -0.15) is 0 Å². The molecule has 1 saturated heterocycles. The van der Waals surface area contributed by atoms with E-state index < -0.39 is 19.1 Å². The molecule has 2 aliphatic heterocycles. The quantitative estimate of drug-likeness (QED) is 0.506. The summed E-state index contributed by atoms with van der Waals surface area (Å²) in [6.45, 7) is 5.97. The lowest BCUT2D eigenvalue weighted by atomic mass is 9.92. The first kappa shape index (κ1) is 22.9. The maximum atomic E-state index is 14.4. The maximum Gasteiger partial charge on any atom is 0.283 e. The molecule has 2 aromatic heterocycles. The molecule has 4 heterocycles. The van der Waals surface area contributed by atoms with Crippen LogP contribution in [0.3, 0.4) is 0 Å². The van der Waals surface area contributed by atoms with E-state index in [1.165, 1.54) is 16.9 Å². The molecule has 0 radical (unpaired) electrons. The highest BCUT2D eigenvalue weighted by Crippen LogP contribution is 2.43. The number of alkyl halides is 2. The van der Waals surface area contributed by atoms with Crippen molar-refractivity contribution in [2.45, 2.75) is 51.1 Å². The number of halogens is 2. The zero-order chi connectivity index (χ0) is 23.2. The van der Waals surface area contributed by atoms with Gasteiger partial charge >= 0.3 is 0 Å². The average molecular weight is 475 g/mol. The first-order valence-electron chi connectivity index (χ1n) is 11.9. The Morgan fingerprint density at radius 1 is 1.27 bits per heavy atom. The number of aliphatic hydroxyl groups excluding tert-OH is 1. The summed E-state index contributed by atoms with van der Waals surface area (Å²) < 4.78 is 28.8. The number of likely N-dealkylation sites (tertiary alicyclic amines) is 1. The first-order valence-corrected chi connectivity index (χ1v) is 12.7. The Hall–Kier alpha value is -1.87. The van der Waals surface area contributed by atoms with Crippen LogP contribution in [-0.4, -0.2) is 69.6 Å². The Kier molecular flexibility index (Phi) is 6.29. The minimum absolute atomic E-state index is 0.0966. The molecule has 33 heavy (non-hydrogen) atoms. The minimum Gasteiger partial charge on any atom is -0.390 e. The van der Waals surface area contributed by atoms with Crippen molar-refractivity contribution in [2.24, 2.45) is 5.92 Å². The van der Waals surface area contributed by atoms with Crippen molar-refractivity contribution in [3.63, 3.8) is 0 Å². The molecular formula is C25H32F2N4OS. The molecule has 1 aromatic carbocycles. The number of nitrogens with zero attached hydrogens (tertiary/aromatic N) is 3. The second kappa shape index (κ2) is 9.06. The lowest BCUT2D eigenvalue weighted by Crippen LogP contribution is -2.49. The van der Waals surface area contributed by atoms with Gasteiger partial charge in [-0.15, -0.1) is 11.3 Å². The van der Waals surface area contributed by atoms with Gasteiger partial charge in [0.25, 0.3) is 5.92 Å². The van der Waals surface area contributed by atoms with Gasteiger partial charge in [-0.1, -0.05) is 25.1 Å². The van der Waals surface area contributed by atoms with Crippen LogP contribution in [0, 0.1) is 5.92 Å². The fraction of sp³-hybridized carbons (Fsp3) is 0.560. The molecule has 8 heteroatoms. The van der Waals surface area contributed by atoms with Gasteiger partial charge in [0, 0.05) is 46.8 Å². The number of aromatic nitrogens is 2. The Bertz CT molecular complexity index is 1110. The summed E-state index contributed by atoms with van der Waals surface area (Å²) in [5, 5.41) is 11.3. The number of hydrogen-bond acceptors (Lipinski definition) is 5. The van der Waals surface area contributed by atoms with E-state index in [4.69, 9.17) is 4.98 Å². The summed E-state index contributed by atoms with van der Waals surface area (Å²) in [5.41, 5.74) is 3.18. The highest BCUT2D eigenvalue weighted by molar-refractivity contribution is 7.11. The van der Waals surface area contributed by atoms with E-state index in [-0.39, 0.29) is 12.1 Å². The number of benzene rings is 1. The van der Waals surface area contributed by atoms with Gasteiger partial charge < -0.3 is 15.0 Å². The summed E-state index contributed by atoms with van der Waals surface area (Å²) in [7, 11) is 0. The second-order valence-corrected chi connectivity index (χ2v) is 10.8. The van der Waals surface area contributed by atoms with E-state index >= 15 is 0 Å². The van der Waals surface area contributed by atoms with Crippen molar-refractivity contribution < 1.29 is 13.9 Å². The van der Waals surface area contributed by atoms with E-state index in [9.17, 15) is 13.9 Å². The largest absolute Gasteiger partial charge is 0.390 e. The molecule has 5 nitrogen and oxygen atoms in total. The summed E-state index contributed by atoms with van der Waals surface area (Å²) in [6.07, 6.45) is 4.79. The molecule has 2 aliphatic rings. The Morgan fingerprint density at radius 2 is 2.06 bits per heavy atom. The summed E-state index contributed by atoms with van der Waals surface area (Å²) in [5.74, 6) is -2.52. The predicted molar refractivity (Wildman–Crippen MR) is 128 cm³/mol. The summed E-state index contributed by atoms with van der Waals surface area (Å²) in [6, 6.07) is 7.67. The Morgan fingerprint density at radius 3 is 2.82 bits per heavy atom. The SMILES string of the molecule is CCCN1CC(Cc2cnc([C@@H]3c4[nH]c5ccccc5c4C[C@@H](C)N3CC(F)(F)CO)s2)C1. The van der Waals surface area contributed by atoms with Crippen LogP contribution in [0.2, 0.25) is 0 Å². The summed E-state index contributed by atoms with van der Waals surface area (Å²) in [4.78, 5) is 13.8. The number of hydrogen-bond donors (Lipinski definition) is 2. The van der Waals surface area contributed by atoms with Gasteiger partial charge in [0.1, 0.15) is 17.7 Å². The lowest BCUT2D eigenvalue weighted by molar-refractivity contribution is -0.0864. The Balaban J connectivity index is 1.47. The topological polar surface area (TPSA) is 55.4 Å². The fourth-order valence-corrected chi connectivity index (χ4v) is 6.63. The molecule has 3 aromatic rings. The van der Waals surface area contributed by atoms with Crippen LogP contribution < -0.4 is 0 Å². The van der Waals surface area contributed by atoms with Crippen molar-refractivity contribution in [1.29, 1.82) is 0 Å². The molecule has 0 bridgehead atoms. The molecule has 0 aliphatic carbocycles. The number of aliphatic hydroxyl groups is 1. The molecular weight excluding hydrogens is 442 g/mol. The molecule has 2 N–H and O–H groups in total. The van der Waals surface area contributed by atoms with Crippen LogP contribution in [0.1, 0.15) is 47.5 Å². The highest BCUT2D eigenvalue weighted by atomic mass is 32.1. The predicted octanol–water partition coefficient (Wildman–Crippen LogP) is 4.47. The first-order chi connectivity index (χ1) is 15.9. The van der Waals surface area contributed by atoms with E-state index in [1.807, 2.05) is 36.2 Å². The van der Waals surface area contributed by atoms with Gasteiger partial charge in [0.2, 0.25) is 0 Å². The van der Waals surface area contributed by atoms with Gasteiger partial charge in [-0.25, -0.2) is 13.8 Å². The standard InChI is InChI=1S/C25H32F2N4OS/c1-3-8-30-12-17(13-30)10-18-11-28-24(33-18)23-22-20(19-6-4-5-7-21(19)29-22)9-16(2)31(23)14-25(26,27)15-32/h4-7,11,16-17,23,29,32H,3,8-10,12-15H2,1-2H3/t16-,23+/m1/s1. The monoisotopic (exact) mass is 474 g/mol. The minimum atomic E-state index is -3.16. The van der Waals surface area contributed by atoms with E-state index in [2.05, 4.69) is 22.9 Å². The number of rotatable bonds is 8. The van der Waals surface area contributed by atoms with Crippen molar-refractivity contribution in [3.8, 4) is 0 Å². The van der Waals surface area contributed by atoms with E-state index in [1.54, 1.807) is 11.3 Å². The van der Waals surface area contributed by atoms with Crippen LogP contribution in [0.25, 0.3) is 10.9 Å². The third-order valence-electron chi connectivity index (χ3n) is 7.03. The zero-order valence-electron chi connectivity index (χ0n) is 19.2. The van der Waals surface area contributed by atoms with Gasteiger partial charge in [0.15, 0.2) is 0 Å². The fourth-order valence-electron chi connectivity index (χ4n) is 5.47. The van der Waals surface area contributed by atoms with Crippen LogP contribution in [-0.2, 0) is 12.8 Å². The van der Waals surface area contributed by atoms with Crippen molar-refractivity contribution in [2.75, 3.05) is 32.8 Å². The molecule has 1 fully saturated rings. The summed E-state index contributed by atoms with van der Waals surface area (Å²) >= 11 is 1.65. The highest BCUT2D eigenvalue weighted by Gasteiger charge is 2.42. The van der Waals surface area contributed by atoms with Crippen LogP contribution in [0.15, 0.2) is 30.5 Å². The number of thiazole rings is 1.